The Hall–Kier alpha value is -7.23. The van der Waals surface area contributed by atoms with Crippen molar-refractivity contribution in [2.75, 3.05) is 0 Å². The van der Waals surface area contributed by atoms with Crippen LogP contribution in [-0.4, -0.2) is 15.0 Å². The smallest absolute Gasteiger partial charge is 0.164 e. The Morgan fingerprint density at radius 1 is 0.222 bits per heavy atom. The van der Waals surface area contributed by atoms with Crippen LogP contribution in [0.4, 0.5) is 0 Å². The third-order valence-corrected chi connectivity index (χ3v) is 10.3. The lowest BCUT2D eigenvalue weighted by Gasteiger charge is -2.13. The third kappa shape index (κ3) is 5.88. The summed E-state index contributed by atoms with van der Waals surface area (Å²) in [5.41, 5.74) is 9.85. The highest BCUT2D eigenvalue weighted by molar-refractivity contribution is 6.13. The van der Waals surface area contributed by atoms with Gasteiger partial charge in [-0.15, -0.1) is 0 Å². The Morgan fingerprint density at radius 3 is 1.37 bits per heavy atom. The zero-order valence-corrected chi connectivity index (χ0v) is 29.4. The lowest BCUT2D eigenvalue weighted by atomic mass is 9.96. The minimum absolute atomic E-state index is 0.634. The number of hydrogen-bond acceptors (Lipinski definition) is 3. The van der Waals surface area contributed by atoms with Crippen LogP contribution in [0.1, 0.15) is 0 Å². The van der Waals surface area contributed by atoms with Crippen LogP contribution in [-0.2, 0) is 0 Å². The Bertz CT molecular complexity index is 2970. The molecule has 0 saturated carbocycles. The summed E-state index contributed by atoms with van der Waals surface area (Å²) in [4.78, 5) is 15.5. The van der Waals surface area contributed by atoms with Gasteiger partial charge in [-0.05, 0) is 90.0 Å². The molecule has 0 aliphatic rings. The Balaban J connectivity index is 1.10. The first-order chi connectivity index (χ1) is 26.7. The van der Waals surface area contributed by atoms with Crippen LogP contribution in [0.5, 0.6) is 0 Å². The third-order valence-electron chi connectivity index (χ3n) is 10.3. The summed E-state index contributed by atoms with van der Waals surface area (Å²) >= 11 is 0. The highest BCUT2D eigenvalue weighted by Gasteiger charge is 2.17. The summed E-state index contributed by atoms with van der Waals surface area (Å²) in [6.45, 7) is 0. The van der Waals surface area contributed by atoms with E-state index in [2.05, 4.69) is 194 Å². The van der Waals surface area contributed by atoms with Gasteiger partial charge >= 0.3 is 0 Å². The van der Waals surface area contributed by atoms with Crippen molar-refractivity contribution in [3.63, 3.8) is 0 Å². The van der Waals surface area contributed by atoms with E-state index < -0.39 is 0 Å². The van der Waals surface area contributed by atoms with Crippen LogP contribution in [0, 0.1) is 0 Å². The van der Waals surface area contributed by atoms with Crippen molar-refractivity contribution in [3.8, 4) is 67.5 Å². The molecule has 9 aromatic carbocycles. The van der Waals surface area contributed by atoms with E-state index in [4.69, 9.17) is 15.0 Å². The van der Waals surface area contributed by atoms with E-state index in [-0.39, 0.29) is 0 Å². The second kappa shape index (κ2) is 13.4. The van der Waals surface area contributed by atoms with Crippen molar-refractivity contribution < 1.29 is 0 Å². The molecule has 10 rings (SSSR count). The van der Waals surface area contributed by atoms with Crippen molar-refractivity contribution in [2.45, 2.75) is 0 Å². The Kier molecular flexibility index (Phi) is 7.81. The van der Waals surface area contributed by atoms with Gasteiger partial charge in [0.05, 0.1) is 0 Å². The monoisotopic (exact) mass is 687 g/mol. The van der Waals surface area contributed by atoms with E-state index in [9.17, 15) is 0 Å². The van der Waals surface area contributed by atoms with Crippen LogP contribution in [0.3, 0.4) is 0 Å². The number of nitrogens with zero attached hydrogens (tertiary/aromatic N) is 3. The fourth-order valence-electron chi connectivity index (χ4n) is 7.51. The van der Waals surface area contributed by atoms with Crippen LogP contribution in [0.15, 0.2) is 200 Å². The molecule has 1 heterocycles. The molecule has 0 aliphatic carbocycles. The van der Waals surface area contributed by atoms with E-state index in [1.165, 1.54) is 38.2 Å². The molecule has 0 aliphatic heterocycles. The zero-order valence-electron chi connectivity index (χ0n) is 29.4. The van der Waals surface area contributed by atoms with Gasteiger partial charge in [-0.1, -0.05) is 176 Å². The highest BCUT2D eigenvalue weighted by atomic mass is 15.0. The number of aromatic nitrogens is 3. The minimum Gasteiger partial charge on any atom is -0.208 e. The molecule has 3 nitrogen and oxygen atoms in total. The SMILES string of the molecule is c1ccc(-c2ccc(-c3nc(-c4cccc(-c5ccc6cc(-c7ccccc7)ccc6c5)c4)nc(-c4cc5ccccc5c5ccccc45)n3)cc2)cc1. The zero-order chi connectivity index (χ0) is 35.8. The first kappa shape index (κ1) is 31.5. The molecule has 252 valence electrons. The summed E-state index contributed by atoms with van der Waals surface area (Å²) < 4.78 is 0. The van der Waals surface area contributed by atoms with Crippen LogP contribution in [0.25, 0.3) is 99.9 Å². The lowest BCUT2D eigenvalue weighted by Crippen LogP contribution is -2.01. The second-order valence-electron chi connectivity index (χ2n) is 13.7. The maximum absolute atomic E-state index is 5.22. The van der Waals surface area contributed by atoms with E-state index >= 15 is 0 Å². The summed E-state index contributed by atoms with van der Waals surface area (Å²) in [6.07, 6.45) is 0. The van der Waals surface area contributed by atoms with Crippen molar-refractivity contribution in [1.29, 1.82) is 0 Å². The topological polar surface area (TPSA) is 38.7 Å². The normalized spacial score (nSPS) is 11.3. The van der Waals surface area contributed by atoms with Crippen LogP contribution < -0.4 is 0 Å². The maximum atomic E-state index is 5.22. The fraction of sp³-hybridized carbons (Fsp3) is 0. The lowest BCUT2D eigenvalue weighted by molar-refractivity contribution is 1.08. The van der Waals surface area contributed by atoms with E-state index in [0.717, 1.165) is 44.2 Å². The molecule has 0 fully saturated rings. The van der Waals surface area contributed by atoms with E-state index in [1.54, 1.807) is 0 Å². The van der Waals surface area contributed by atoms with Gasteiger partial charge in [-0.25, -0.2) is 15.0 Å². The van der Waals surface area contributed by atoms with Crippen molar-refractivity contribution >= 4 is 32.3 Å². The summed E-state index contributed by atoms with van der Waals surface area (Å²) in [7, 11) is 0. The van der Waals surface area contributed by atoms with Gasteiger partial charge in [-0.3, -0.25) is 0 Å². The molecule has 0 N–H and O–H groups in total. The summed E-state index contributed by atoms with van der Waals surface area (Å²) in [5, 5.41) is 7.06. The first-order valence-electron chi connectivity index (χ1n) is 18.3. The summed E-state index contributed by atoms with van der Waals surface area (Å²) in [6, 6.07) is 70.6. The van der Waals surface area contributed by atoms with Gasteiger partial charge in [0, 0.05) is 16.7 Å². The fourth-order valence-corrected chi connectivity index (χ4v) is 7.51. The average molecular weight is 688 g/mol. The second-order valence-corrected chi connectivity index (χ2v) is 13.7. The molecule has 3 heteroatoms. The summed E-state index contributed by atoms with van der Waals surface area (Å²) in [5.74, 6) is 1.92. The van der Waals surface area contributed by atoms with E-state index in [0.29, 0.717) is 17.5 Å². The van der Waals surface area contributed by atoms with Gasteiger partial charge in [-0.2, -0.15) is 0 Å². The van der Waals surface area contributed by atoms with Gasteiger partial charge in [0.15, 0.2) is 17.5 Å². The molecule has 10 aromatic rings. The molecule has 0 saturated heterocycles. The van der Waals surface area contributed by atoms with Crippen LogP contribution >= 0.6 is 0 Å². The number of fused-ring (bicyclic) bond motifs is 4. The largest absolute Gasteiger partial charge is 0.208 e. The minimum atomic E-state index is 0.634. The molecule has 0 amide bonds. The molecule has 0 atom stereocenters. The quantitative estimate of drug-likeness (QED) is 0.163. The van der Waals surface area contributed by atoms with Crippen molar-refractivity contribution in [2.24, 2.45) is 0 Å². The molecule has 0 spiro atoms. The molecule has 0 unspecified atom stereocenters. The Morgan fingerprint density at radius 2 is 0.667 bits per heavy atom. The van der Waals surface area contributed by atoms with Gasteiger partial charge in [0.1, 0.15) is 0 Å². The predicted molar refractivity (Wildman–Crippen MR) is 225 cm³/mol. The molecule has 1 aromatic heterocycles. The molecule has 54 heavy (non-hydrogen) atoms. The molecule has 0 radical (unpaired) electrons. The first-order valence-corrected chi connectivity index (χ1v) is 18.3. The number of rotatable bonds is 6. The van der Waals surface area contributed by atoms with Crippen LogP contribution in [0.2, 0.25) is 0 Å². The van der Waals surface area contributed by atoms with Crippen molar-refractivity contribution in [3.05, 3.63) is 200 Å². The highest BCUT2D eigenvalue weighted by Crippen LogP contribution is 2.36. The molecular weight excluding hydrogens is 655 g/mol. The van der Waals surface area contributed by atoms with Gasteiger partial charge in [0.25, 0.3) is 0 Å². The van der Waals surface area contributed by atoms with Crippen molar-refractivity contribution in [1.82, 2.24) is 15.0 Å². The number of hydrogen-bond donors (Lipinski definition) is 0. The average Bonchev–Trinajstić information content (AvgIpc) is 3.26. The standard InChI is InChI=1S/C51H33N3/c1-3-12-34(13-4-1)36-22-24-37(25-23-36)49-52-50(54-51(53-49)48-33-43-16-7-8-19-45(43)46-20-9-10-21-47(46)48)44-18-11-17-38(32-44)40-28-29-41-30-39(26-27-42(41)31-40)35-14-5-2-6-15-35/h1-33H. The Labute approximate surface area is 313 Å². The van der Waals surface area contributed by atoms with Gasteiger partial charge in [0.2, 0.25) is 0 Å². The molecular formula is C51H33N3. The maximum Gasteiger partial charge on any atom is 0.164 e. The predicted octanol–water partition coefficient (Wildman–Crippen LogP) is 13.3. The number of benzene rings is 9. The van der Waals surface area contributed by atoms with E-state index in [1.807, 2.05) is 6.07 Å². The van der Waals surface area contributed by atoms with Gasteiger partial charge < -0.3 is 0 Å². The molecule has 0 bridgehead atoms.